The molecule has 5 rings (SSSR count). The second kappa shape index (κ2) is 23.5. The van der Waals surface area contributed by atoms with Crippen LogP contribution in [0.2, 0.25) is 0 Å². The van der Waals surface area contributed by atoms with Crippen molar-refractivity contribution in [3.63, 3.8) is 0 Å². The largest absolute Gasteiger partial charge is 0.493 e. The molecule has 0 bridgehead atoms. The highest BCUT2D eigenvalue weighted by Crippen LogP contribution is 2.33. The smallest absolute Gasteiger partial charge is 0.359 e. The second-order valence-corrected chi connectivity index (χ2v) is 9.15. The Hall–Kier alpha value is -6.86. The van der Waals surface area contributed by atoms with Crippen molar-refractivity contribution in [2.75, 3.05) is 35.5 Å². The molecular formula is C33H37ClN8O11. The number of aliphatic hydroxyl groups is 1. The van der Waals surface area contributed by atoms with Crippen LogP contribution in [0.3, 0.4) is 0 Å². The molecule has 0 saturated heterocycles. The van der Waals surface area contributed by atoms with Gasteiger partial charge in [-0.05, 0) is 48.5 Å². The first-order valence-electron chi connectivity index (χ1n) is 14.6. The minimum atomic E-state index is -1.48. The Morgan fingerprint density at radius 3 is 1.72 bits per heavy atom. The number of esters is 2. The zero-order valence-electron chi connectivity index (χ0n) is 29.0. The Morgan fingerprint density at radius 2 is 1.28 bits per heavy atom. The molecule has 0 amide bonds. The van der Waals surface area contributed by atoms with Crippen molar-refractivity contribution in [2.24, 2.45) is 5.73 Å². The number of halogens is 1. The predicted molar refractivity (Wildman–Crippen MR) is 190 cm³/mol. The molecule has 0 radical (unpaired) electrons. The third-order valence-corrected chi connectivity index (χ3v) is 5.95. The van der Waals surface area contributed by atoms with Crippen molar-refractivity contribution in [1.82, 2.24) is 30.4 Å². The fourth-order valence-electron chi connectivity index (χ4n) is 3.60. The topological polar surface area (TPSA) is 277 Å². The van der Waals surface area contributed by atoms with Crippen LogP contribution in [0.5, 0.6) is 34.6 Å². The second-order valence-electron chi connectivity index (χ2n) is 9.15. The first-order valence-corrected chi connectivity index (χ1v) is 14.6. The van der Waals surface area contributed by atoms with Crippen molar-refractivity contribution in [2.45, 2.75) is 6.10 Å². The number of nitrogens with two attached hydrogens (primary N) is 1. The summed E-state index contributed by atoms with van der Waals surface area (Å²) in [6, 6.07) is 19.9. The SMILES string of the molecule is CO.COC(=O)C(Oc1ccccc1OC)C(=O)OC.COc1ccccc1Oc1c(O)nc(-c2cccnn2)[nH]c1=O.Cl.N=C(N)c1cccnn1. The monoisotopic (exact) mass is 756 g/mol. The molecule has 0 aliphatic carbocycles. The average Bonchev–Trinajstić information content (AvgIpc) is 3.19. The van der Waals surface area contributed by atoms with Crippen LogP contribution in [0.15, 0.2) is 90.0 Å². The van der Waals surface area contributed by atoms with Crippen LogP contribution >= 0.6 is 12.4 Å². The maximum atomic E-state index is 12.2. The van der Waals surface area contributed by atoms with Gasteiger partial charge in [-0.1, -0.05) is 24.3 Å². The van der Waals surface area contributed by atoms with Crippen LogP contribution < -0.4 is 30.2 Å². The summed E-state index contributed by atoms with van der Waals surface area (Å²) in [6.45, 7) is 0. The number of hydrogen-bond donors (Lipinski definition) is 5. The van der Waals surface area contributed by atoms with Gasteiger partial charge in [-0.2, -0.15) is 15.2 Å². The Bertz CT molecular complexity index is 1920. The molecule has 53 heavy (non-hydrogen) atoms. The Balaban J connectivity index is 0.000000417. The summed E-state index contributed by atoms with van der Waals surface area (Å²) in [5, 5.41) is 38.5. The van der Waals surface area contributed by atoms with Gasteiger partial charge in [-0.15, -0.1) is 22.6 Å². The normalized spacial score (nSPS) is 9.42. The average molecular weight is 757 g/mol. The summed E-state index contributed by atoms with van der Waals surface area (Å²) in [6.07, 6.45) is 1.55. The molecule has 0 unspecified atom stereocenters. The first kappa shape index (κ1) is 44.2. The molecular weight excluding hydrogens is 720 g/mol. The first-order chi connectivity index (χ1) is 25.1. The number of H-pyrrole nitrogens is 1. The molecule has 3 heterocycles. The number of carbonyl (C=O) groups excluding carboxylic acids is 2. The van der Waals surface area contributed by atoms with Gasteiger partial charge in [0, 0.05) is 19.5 Å². The van der Waals surface area contributed by atoms with Gasteiger partial charge in [0.05, 0.1) is 28.4 Å². The molecule has 0 atom stereocenters. The van der Waals surface area contributed by atoms with E-state index in [0.29, 0.717) is 22.9 Å². The van der Waals surface area contributed by atoms with E-state index in [2.05, 4.69) is 39.8 Å². The lowest BCUT2D eigenvalue weighted by Gasteiger charge is -2.16. The molecule has 3 aromatic heterocycles. The molecule has 282 valence electrons. The number of hydrogen-bond acceptors (Lipinski definition) is 17. The molecule has 0 aliphatic heterocycles. The van der Waals surface area contributed by atoms with Gasteiger partial charge in [-0.3, -0.25) is 10.2 Å². The summed E-state index contributed by atoms with van der Waals surface area (Å²) in [5.41, 5.74) is 5.18. The standard InChI is InChI=1S/C15H12N4O4.C12H14O6.C5H6N4.CH4O.ClH/c1-22-10-6-2-3-7-11(10)23-12-14(20)17-13(18-15(12)21)9-5-4-8-16-19-9;1-15-8-6-4-5-7-9(8)18-10(11(13)16-2)12(14)17-3;6-5(7)4-2-1-3-8-9-4;1-2;/h2-8H,1H3,(H2,17,18,20,21);4-7,10H,1-3H3;1-3H,(H3,6,7);2H,1H3;1H. The highest BCUT2D eigenvalue weighted by atomic mass is 35.5. The number of ether oxygens (including phenoxy) is 6. The fraction of sp³-hybridized carbons (Fsp3) is 0.182. The van der Waals surface area contributed by atoms with E-state index in [0.717, 1.165) is 21.3 Å². The van der Waals surface area contributed by atoms with Gasteiger partial charge in [0.1, 0.15) is 17.2 Å². The van der Waals surface area contributed by atoms with E-state index in [9.17, 15) is 19.5 Å². The van der Waals surface area contributed by atoms with Crippen molar-refractivity contribution < 1.29 is 48.2 Å². The number of carbonyl (C=O) groups is 2. The number of nitrogens with zero attached hydrogens (tertiary/aromatic N) is 5. The van der Waals surface area contributed by atoms with E-state index in [1.807, 2.05) is 0 Å². The van der Waals surface area contributed by atoms with Gasteiger partial charge < -0.3 is 49.4 Å². The van der Waals surface area contributed by atoms with Crippen molar-refractivity contribution in [1.29, 1.82) is 5.41 Å². The van der Waals surface area contributed by atoms with E-state index in [-0.39, 0.29) is 41.3 Å². The molecule has 0 spiro atoms. The summed E-state index contributed by atoms with van der Waals surface area (Å²) in [5.74, 6) is -1.18. The van der Waals surface area contributed by atoms with Crippen LogP contribution in [-0.4, -0.2) is 100 Å². The van der Waals surface area contributed by atoms with Crippen molar-refractivity contribution >= 4 is 30.2 Å². The Labute approximate surface area is 308 Å². The molecule has 6 N–H and O–H groups in total. The highest BCUT2D eigenvalue weighted by Gasteiger charge is 2.31. The van der Waals surface area contributed by atoms with Gasteiger partial charge in [-0.25, -0.2) is 9.59 Å². The summed E-state index contributed by atoms with van der Waals surface area (Å²) in [4.78, 5) is 41.4. The van der Waals surface area contributed by atoms with E-state index in [1.54, 1.807) is 72.8 Å². The van der Waals surface area contributed by atoms with E-state index in [4.69, 9.17) is 35.2 Å². The number of aromatic hydroxyl groups is 1. The number of benzene rings is 2. The maximum absolute atomic E-state index is 12.2. The highest BCUT2D eigenvalue weighted by molar-refractivity contribution is 5.98. The number of nitrogens with one attached hydrogen (secondary N) is 2. The molecule has 19 nitrogen and oxygen atoms in total. The van der Waals surface area contributed by atoms with Crippen LogP contribution in [-0.2, 0) is 19.1 Å². The maximum Gasteiger partial charge on any atom is 0.359 e. The number of amidine groups is 1. The molecule has 2 aromatic carbocycles. The molecule has 20 heteroatoms. The van der Waals surface area contributed by atoms with Gasteiger partial charge in [0.2, 0.25) is 0 Å². The predicted octanol–water partition coefficient (Wildman–Crippen LogP) is 2.31. The number of rotatable bonds is 10. The number of aliphatic hydroxyl groups excluding tert-OH is 1. The zero-order valence-corrected chi connectivity index (χ0v) is 29.8. The van der Waals surface area contributed by atoms with E-state index < -0.39 is 29.5 Å². The number of aromatic nitrogens is 6. The third-order valence-electron chi connectivity index (χ3n) is 5.95. The van der Waals surface area contributed by atoms with Crippen LogP contribution in [0.4, 0.5) is 0 Å². The number of aromatic amines is 1. The van der Waals surface area contributed by atoms with E-state index in [1.165, 1.54) is 26.6 Å². The quantitative estimate of drug-likeness (QED) is 0.0591. The minimum Gasteiger partial charge on any atom is -0.493 e. The Morgan fingerprint density at radius 1 is 0.774 bits per heavy atom. The fourth-order valence-corrected chi connectivity index (χ4v) is 3.60. The minimum absolute atomic E-state index is 0. The summed E-state index contributed by atoms with van der Waals surface area (Å²) in [7, 11) is 6.24. The van der Waals surface area contributed by atoms with Crippen molar-refractivity contribution in [3.8, 4) is 46.1 Å². The number of nitrogen functional groups attached to an aromatic ring is 1. The Kier molecular flexibility index (Phi) is 19.6. The number of methoxy groups -OCH3 is 4. The van der Waals surface area contributed by atoms with Gasteiger partial charge >= 0.3 is 11.9 Å². The van der Waals surface area contributed by atoms with Crippen LogP contribution in [0.1, 0.15) is 5.69 Å². The molecule has 0 aliphatic rings. The third kappa shape index (κ3) is 13.4. The summed E-state index contributed by atoms with van der Waals surface area (Å²) >= 11 is 0. The van der Waals surface area contributed by atoms with Crippen LogP contribution in [0.25, 0.3) is 11.5 Å². The van der Waals surface area contributed by atoms with E-state index >= 15 is 0 Å². The molecule has 0 saturated carbocycles. The lowest BCUT2D eigenvalue weighted by atomic mass is 10.3. The van der Waals surface area contributed by atoms with Crippen molar-refractivity contribution in [3.05, 3.63) is 101 Å². The van der Waals surface area contributed by atoms with Gasteiger partial charge in [0.25, 0.3) is 23.3 Å². The zero-order chi connectivity index (χ0) is 38.5. The number of para-hydroxylation sites is 4. The lowest BCUT2D eigenvalue weighted by Crippen LogP contribution is -2.37. The molecule has 5 aromatic rings. The molecule has 0 fully saturated rings. The summed E-state index contributed by atoms with van der Waals surface area (Å²) < 4.78 is 29.8. The lowest BCUT2D eigenvalue weighted by molar-refractivity contribution is -0.163. The van der Waals surface area contributed by atoms with Crippen LogP contribution in [0, 0.1) is 5.41 Å². The van der Waals surface area contributed by atoms with Gasteiger partial charge in [0.15, 0.2) is 28.8 Å².